The molecule has 0 aromatic rings. The van der Waals surface area contributed by atoms with Crippen LogP contribution in [0.3, 0.4) is 0 Å². The lowest BCUT2D eigenvalue weighted by atomic mass is 10.2. The lowest BCUT2D eigenvalue weighted by molar-refractivity contribution is -0.147. The van der Waals surface area contributed by atoms with Gasteiger partial charge in [0.2, 0.25) is 0 Å². The van der Waals surface area contributed by atoms with E-state index in [9.17, 15) is 14.4 Å². The van der Waals surface area contributed by atoms with E-state index in [-0.39, 0.29) is 5.71 Å². The summed E-state index contributed by atoms with van der Waals surface area (Å²) in [6.07, 6.45) is -0.600. The van der Waals surface area contributed by atoms with Gasteiger partial charge in [-0.15, -0.1) is 0 Å². The number of carboxylic acid groups (broad SMARTS) is 2. The van der Waals surface area contributed by atoms with E-state index in [1.54, 1.807) is 0 Å². The molecule has 0 aliphatic heterocycles. The molecule has 0 saturated heterocycles. The van der Waals surface area contributed by atoms with Gasteiger partial charge in [-0.3, -0.25) is 9.79 Å². The topological polar surface area (TPSA) is 113 Å². The summed E-state index contributed by atoms with van der Waals surface area (Å²) in [7, 11) is 1.07. The van der Waals surface area contributed by atoms with Crippen molar-refractivity contribution in [2.45, 2.75) is 19.4 Å². The monoisotopic (exact) mass is 217 g/mol. The Kier molecular flexibility index (Phi) is 5.00. The van der Waals surface area contributed by atoms with E-state index < -0.39 is 30.4 Å². The van der Waals surface area contributed by atoms with Gasteiger partial charge >= 0.3 is 17.9 Å². The molecule has 84 valence electrons. The molecule has 7 heteroatoms. The largest absolute Gasteiger partial charge is 0.481 e. The van der Waals surface area contributed by atoms with Gasteiger partial charge in [-0.1, -0.05) is 0 Å². The zero-order chi connectivity index (χ0) is 12.0. The molecule has 0 unspecified atom stereocenters. The van der Waals surface area contributed by atoms with Crippen molar-refractivity contribution in [3.8, 4) is 0 Å². The average molecular weight is 217 g/mol. The van der Waals surface area contributed by atoms with Crippen LogP contribution in [0.15, 0.2) is 4.99 Å². The molecule has 0 fully saturated rings. The lowest BCUT2D eigenvalue weighted by Crippen LogP contribution is -2.26. The van der Waals surface area contributed by atoms with Crippen LogP contribution in [-0.2, 0) is 19.1 Å². The smallest absolute Gasteiger partial charge is 0.349 e. The average Bonchev–Trinajstić information content (AvgIpc) is 2.14. The number of hydrogen-bond acceptors (Lipinski definition) is 5. The van der Waals surface area contributed by atoms with Crippen molar-refractivity contribution in [1.82, 2.24) is 0 Å². The number of hydrogen-bond donors (Lipinski definition) is 2. The molecular formula is C8H11NO6. The third-order valence-electron chi connectivity index (χ3n) is 1.50. The summed E-state index contributed by atoms with van der Waals surface area (Å²) in [5.74, 6) is -3.44. The Balaban J connectivity index is 4.79. The number of ether oxygens (including phenoxy) is 1. The maximum absolute atomic E-state index is 11.0. The summed E-state index contributed by atoms with van der Waals surface area (Å²) < 4.78 is 4.29. The molecule has 0 heterocycles. The zero-order valence-electron chi connectivity index (χ0n) is 8.26. The van der Waals surface area contributed by atoms with Gasteiger partial charge in [0.15, 0.2) is 6.04 Å². The van der Waals surface area contributed by atoms with Crippen molar-refractivity contribution in [1.29, 1.82) is 0 Å². The van der Waals surface area contributed by atoms with Crippen molar-refractivity contribution in [2.75, 3.05) is 7.11 Å². The van der Waals surface area contributed by atoms with Crippen molar-refractivity contribution in [2.24, 2.45) is 4.99 Å². The number of nitrogens with zero attached hydrogens (tertiary/aromatic N) is 1. The Morgan fingerprint density at radius 3 is 2.20 bits per heavy atom. The molecule has 0 spiro atoms. The van der Waals surface area contributed by atoms with Gasteiger partial charge in [-0.25, -0.2) is 9.59 Å². The van der Waals surface area contributed by atoms with Crippen LogP contribution < -0.4 is 0 Å². The SMILES string of the molecule is COC(=O)[C@H](CC(=O)O)N=C(C)C(=O)O. The Labute approximate surface area is 85.4 Å². The van der Waals surface area contributed by atoms with Gasteiger partial charge in [0.05, 0.1) is 13.5 Å². The molecule has 1 atom stereocenters. The summed E-state index contributed by atoms with van der Waals surface area (Å²) in [5, 5.41) is 16.9. The van der Waals surface area contributed by atoms with E-state index in [1.165, 1.54) is 6.92 Å². The molecule has 0 radical (unpaired) electrons. The van der Waals surface area contributed by atoms with Crippen LogP contribution in [0.5, 0.6) is 0 Å². The lowest BCUT2D eigenvalue weighted by Gasteiger charge is -2.07. The fourth-order valence-electron chi connectivity index (χ4n) is 0.772. The molecule has 0 aromatic heterocycles. The second-order valence-electron chi connectivity index (χ2n) is 2.66. The van der Waals surface area contributed by atoms with Gasteiger partial charge in [-0.2, -0.15) is 0 Å². The first-order valence-electron chi connectivity index (χ1n) is 3.95. The van der Waals surface area contributed by atoms with Crippen molar-refractivity contribution in [3.63, 3.8) is 0 Å². The van der Waals surface area contributed by atoms with Crippen molar-refractivity contribution >= 4 is 23.6 Å². The van der Waals surface area contributed by atoms with Gasteiger partial charge in [-0.05, 0) is 6.92 Å². The molecular weight excluding hydrogens is 206 g/mol. The van der Waals surface area contributed by atoms with Crippen molar-refractivity contribution < 1.29 is 29.3 Å². The molecule has 0 rings (SSSR count). The summed E-state index contributed by atoms with van der Waals surface area (Å²) >= 11 is 0. The van der Waals surface area contributed by atoms with Crippen LogP contribution in [0.25, 0.3) is 0 Å². The highest BCUT2D eigenvalue weighted by Gasteiger charge is 2.22. The third kappa shape index (κ3) is 4.75. The van der Waals surface area contributed by atoms with E-state index >= 15 is 0 Å². The predicted octanol–water partition coefficient (Wildman–Crippen LogP) is -0.452. The Bertz CT molecular complexity index is 308. The molecule has 15 heavy (non-hydrogen) atoms. The highest BCUT2D eigenvalue weighted by Crippen LogP contribution is 2.02. The molecule has 7 nitrogen and oxygen atoms in total. The minimum absolute atomic E-state index is 0.341. The molecule has 0 saturated carbocycles. The van der Waals surface area contributed by atoms with Crippen LogP contribution >= 0.6 is 0 Å². The fourth-order valence-corrected chi connectivity index (χ4v) is 0.772. The highest BCUT2D eigenvalue weighted by atomic mass is 16.5. The number of carboxylic acids is 2. The summed E-state index contributed by atoms with van der Waals surface area (Å²) in [6, 6.07) is -1.32. The molecule has 0 bridgehead atoms. The summed E-state index contributed by atoms with van der Waals surface area (Å²) in [5.41, 5.74) is -0.341. The maximum atomic E-state index is 11.0. The number of carbonyl (C=O) groups excluding carboxylic acids is 1. The first kappa shape index (κ1) is 13.1. The minimum Gasteiger partial charge on any atom is -0.481 e. The van der Waals surface area contributed by atoms with Gasteiger partial charge < -0.3 is 14.9 Å². The number of methoxy groups -OCH3 is 1. The normalized spacial score (nSPS) is 13.1. The highest BCUT2D eigenvalue weighted by molar-refractivity contribution is 6.34. The number of aliphatic carboxylic acids is 2. The minimum atomic E-state index is -1.32. The summed E-state index contributed by atoms with van der Waals surface area (Å²) in [6.45, 7) is 1.17. The Hall–Kier alpha value is -1.92. The van der Waals surface area contributed by atoms with E-state index in [4.69, 9.17) is 10.2 Å². The van der Waals surface area contributed by atoms with Crippen LogP contribution in [0.2, 0.25) is 0 Å². The number of carbonyl (C=O) groups is 3. The number of esters is 1. The maximum Gasteiger partial charge on any atom is 0.349 e. The van der Waals surface area contributed by atoms with E-state index in [2.05, 4.69) is 9.73 Å². The van der Waals surface area contributed by atoms with Crippen LogP contribution in [0.4, 0.5) is 0 Å². The van der Waals surface area contributed by atoms with Gasteiger partial charge in [0.1, 0.15) is 5.71 Å². The Morgan fingerprint density at radius 2 is 1.87 bits per heavy atom. The van der Waals surface area contributed by atoms with Crippen molar-refractivity contribution in [3.05, 3.63) is 0 Å². The fraction of sp³-hybridized carbons (Fsp3) is 0.500. The van der Waals surface area contributed by atoms with Crippen LogP contribution in [0, 0.1) is 0 Å². The van der Waals surface area contributed by atoms with E-state index in [0.717, 1.165) is 7.11 Å². The van der Waals surface area contributed by atoms with Crippen LogP contribution in [-0.4, -0.2) is 47.0 Å². The van der Waals surface area contributed by atoms with Crippen LogP contribution in [0.1, 0.15) is 13.3 Å². The van der Waals surface area contributed by atoms with E-state index in [0.29, 0.717) is 0 Å². The standard InChI is InChI=1S/C8H11NO6/c1-4(7(12)13)9-5(3-6(10)11)8(14)15-2/h5H,3H2,1-2H3,(H,10,11)(H,12,13)/t5-/m0/s1. The molecule has 0 aliphatic carbocycles. The van der Waals surface area contributed by atoms with Gasteiger partial charge in [0.25, 0.3) is 0 Å². The molecule has 2 N–H and O–H groups in total. The number of rotatable bonds is 5. The second kappa shape index (κ2) is 5.74. The molecule has 0 aromatic carbocycles. The Morgan fingerprint density at radius 1 is 1.33 bits per heavy atom. The predicted molar refractivity (Wildman–Crippen MR) is 48.8 cm³/mol. The first-order valence-corrected chi connectivity index (χ1v) is 3.95. The molecule has 0 amide bonds. The second-order valence-corrected chi connectivity index (χ2v) is 2.66. The summed E-state index contributed by atoms with van der Waals surface area (Å²) in [4.78, 5) is 35.2. The molecule has 0 aliphatic rings. The third-order valence-corrected chi connectivity index (χ3v) is 1.50. The zero-order valence-corrected chi connectivity index (χ0v) is 8.26. The quantitative estimate of drug-likeness (QED) is 0.476. The number of aliphatic imine (C=N–C) groups is 1. The van der Waals surface area contributed by atoms with Gasteiger partial charge in [0, 0.05) is 0 Å². The first-order chi connectivity index (χ1) is 6.88. The van der Waals surface area contributed by atoms with E-state index in [1.807, 2.05) is 0 Å².